The van der Waals surface area contributed by atoms with E-state index in [4.69, 9.17) is 28.4 Å². The molecule has 1 aliphatic heterocycles. The molecule has 5 aromatic rings. The van der Waals surface area contributed by atoms with E-state index in [9.17, 15) is 14.4 Å². The molecule has 2 aromatic heterocycles. The van der Waals surface area contributed by atoms with Gasteiger partial charge in [-0.25, -0.2) is 14.6 Å². The van der Waals surface area contributed by atoms with Gasteiger partial charge < -0.3 is 23.4 Å². The van der Waals surface area contributed by atoms with Gasteiger partial charge in [-0.15, -0.1) is 0 Å². The molecule has 0 aliphatic carbocycles. The summed E-state index contributed by atoms with van der Waals surface area (Å²) in [4.78, 5) is 45.3. The van der Waals surface area contributed by atoms with Crippen molar-refractivity contribution in [2.45, 2.75) is 13.0 Å². The van der Waals surface area contributed by atoms with Gasteiger partial charge in [-0.05, 0) is 48.9 Å². The lowest BCUT2D eigenvalue weighted by atomic mass is 9.93. The first-order valence-corrected chi connectivity index (χ1v) is 15.5. The Balaban J connectivity index is 1.54. The smallest absolute Gasteiger partial charge is 0.338 e. The maximum Gasteiger partial charge on any atom is 0.338 e. The number of benzene rings is 3. The van der Waals surface area contributed by atoms with Crippen LogP contribution in [0.25, 0.3) is 23.1 Å². The van der Waals surface area contributed by atoms with Crippen molar-refractivity contribution in [3.05, 3.63) is 133 Å². The van der Waals surface area contributed by atoms with Crippen molar-refractivity contribution in [1.82, 2.24) is 4.57 Å². The lowest BCUT2D eigenvalue weighted by Gasteiger charge is -2.26. The number of carbonyl (C=O) groups excluding carboxylic acids is 2. The lowest BCUT2D eigenvalue weighted by Crippen LogP contribution is -2.40. The van der Waals surface area contributed by atoms with Crippen LogP contribution >= 0.6 is 11.3 Å². The first-order valence-electron chi connectivity index (χ1n) is 14.7. The lowest BCUT2D eigenvalue weighted by molar-refractivity contribution is -0.138. The minimum absolute atomic E-state index is 0.136. The summed E-state index contributed by atoms with van der Waals surface area (Å²) in [5.74, 6) is 0.820. The van der Waals surface area contributed by atoms with Gasteiger partial charge in [0.15, 0.2) is 16.3 Å². The maximum atomic E-state index is 14.2. The number of esters is 2. The molecular weight excluding hydrogens is 620 g/mol. The van der Waals surface area contributed by atoms with Crippen molar-refractivity contribution in [2.24, 2.45) is 4.99 Å². The highest BCUT2D eigenvalue weighted by Crippen LogP contribution is 2.38. The minimum atomic E-state index is -0.893. The highest BCUT2D eigenvalue weighted by Gasteiger charge is 2.35. The molecule has 3 aromatic carbocycles. The summed E-state index contributed by atoms with van der Waals surface area (Å²) in [5.41, 5.74) is 2.62. The van der Waals surface area contributed by atoms with Gasteiger partial charge in [-0.2, -0.15) is 0 Å². The van der Waals surface area contributed by atoms with Crippen molar-refractivity contribution < 1.29 is 33.0 Å². The van der Waals surface area contributed by atoms with E-state index in [0.29, 0.717) is 60.3 Å². The second-order valence-corrected chi connectivity index (χ2v) is 11.3. The summed E-state index contributed by atoms with van der Waals surface area (Å²) in [7, 11) is 4.38. The third-order valence-electron chi connectivity index (χ3n) is 7.57. The van der Waals surface area contributed by atoms with Crippen molar-refractivity contribution >= 4 is 35.0 Å². The number of ether oxygens (including phenoxy) is 4. The number of methoxy groups -OCH3 is 3. The summed E-state index contributed by atoms with van der Waals surface area (Å²) in [6, 6.07) is 24.1. The summed E-state index contributed by atoms with van der Waals surface area (Å²) < 4.78 is 29.3. The molecule has 10 nitrogen and oxygen atoms in total. The fraction of sp³-hybridized carbons (Fsp3) is 0.167. The van der Waals surface area contributed by atoms with E-state index in [0.717, 1.165) is 0 Å². The van der Waals surface area contributed by atoms with Crippen LogP contribution in [0.4, 0.5) is 0 Å². The number of aromatic nitrogens is 1. The summed E-state index contributed by atoms with van der Waals surface area (Å²) in [6.45, 7) is 1.86. The molecule has 238 valence electrons. The number of nitrogens with zero attached hydrogens (tertiary/aromatic N) is 2. The van der Waals surface area contributed by atoms with Crippen LogP contribution in [0.5, 0.6) is 11.5 Å². The molecule has 3 heterocycles. The summed E-state index contributed by atoms with van der Waals surface area (Å²) in [6.07, 6.45) is 1.64. The largest absolute Gasteiger partial charge is 0.493 e. The zero-order valence-electron chi connectivity index (χ0n) is 26.0. The van der Waals surface area contributed by atoms with Gasteiger partial charge in [0.25, 0.3) is 5.56 Å². The van der Waals surface area contributed by atoms with Gasteiger partial charge in [0.05, 0.1) is 55.3 Å². The molecule has 1 aliphatic rings. The van der Waals surface area contributed by atoms with Crippen molar-refractivity contribution in [2.75, 3.05) is 27.9 Å². The van der Waals surface area contributed by atoms with Gasteiger partial charge in [0.2, 0.25) is 0 Å². The molecule has 0 bridgehead atoms. The molecule has 0 spiro atoms. The number of furan rings is 1. The molecule has 0 saturated heterocycles. The van der Waals surface area contributed by atoms with Crippen LogP contribution in [0.2, 0.25) is 0 Å². The first kappa shape index (κ1) is 31.3. The molecule has 0 radical (unpaired) electrons. The number of carbonyl (C=O) groups is 2. The topological polar surface area (TPSA) is 119 Å². The molecule has 47 heavy (non-hydrogen) atoms. The molecule has 1 unspecified atom stereocenters. The number of rotatable bonds is 9. The Labute approximate surface area is 273 Å². The first-order chi connectivity index (χ1) is 22.9. The van der Waals surface area contributed by atoms with E-state index in [2.05, 4.69) is 0 Å². The molecule has 0 N–H and O–H groups in total. The van der Waals surface area contributed by atoms with E-state index in [-0.39, 0.29) is 17.7 Å². The third kappa shape index (κ3) is 6.00. The molecule has 6 rings (SSSR count). The Morgan fingerprint density at radius 2 is 1.66 bits per heavy atom. The van der Waals surface area contributed by atoms with Crippen LogP contribution in [0.3, 0.4) is 0 Å². The second-order valence-electron chi connectivity index (χ2n) is 10.3. The monoisotopic (exact) mass is 650 g/mol. The Morgan fingerprint density at radius 3 is 2.38 bits per heavy atom. The SMILES string of the molecule is CCOC(=O)C1=C(c2ccccc2)N=c2s/c(=C\c3ccc(-c4cccc(C(=O)OC)c4)o3)c(=O)n2C1c1ccc(OC)c(OC)c1. The van der Waals surface area contributed by atoms with E-state index in [1.165, 1.54) is 37.2 Å². The molecule has 0 saturated carbocycles. The number of thiazole rings is 1. The van der Waals surface area contributed by atoms with Crippen LogP contribution < -0.4 is 24.4 Å². The Kier molecular flexibility index (Phi) is 8.90. The molecule has 1 atom stereocenters. The van der Waals surface area contributed by atoms with Crippen molar-refractivity contribution in [3.63, 3.8) is 0 Å². The van der Waals surface area contributed by atoms with Gasteiger partial charge in [0.1, 0.15) is 11.5 Å². The van der Waals surface area contributed by atoms with Gasteiger partial charge in [-0.3, -0.25) is 9.36 Å². The van der Waals surface area contributed by atoms with Crippen LogP contribution in [-0.2, 0) is 14.3 Å². The van der Waals surface area contributed by atoms with E-state index in [1.807, 2.05) is 36.4 Å². The zero-order valence-corrected chi connectivity index (χ0v) is 26.8. The summed E-state index contributed by atoms with van der Waals surface area (Å²) in [5, 5.41) is 0. The molecule has 0 fully saturated rings. The molecule has 0 amide bonds. The van der Waals surface area contributed by atoms with E-state index < -0.39 is 18.0 Å². The Bertz CT molecular complexity index is 2190. The zero-order chi connectivity index (χ0) is 33.1. The average Bonchev–Trinajstić information content (AvgIpc) is 3.71. The van der Waals surface area contributed by atoms with Gasteiger partial charge in [-0.1, -0.05) is 59.9 Å². The standard InChI is InChI=1S/C36H30N2O8S/c1-5-45-35(41)30-31(21-10-7-6-8-11-21)37-36-38(32(30)23-14-16-27(42-2)28(19-23)43-3)33(39)29(47-36)20-25-15-17-26(46-25)22-12-9-13-24(18-22)34(40)44-4/h6-20,32H,5H2,1-4H3/b29-20-. The van der Waals surface area contributed by atoms with Gasteiger partial charge >= 0.3 is 11.9 Å². The second kappa shape index (κ2) is 13.4. The Morgan fingerprint density at radius 1 is 0.894 bits per heavy atom. The quantitative estimate of drug-likeness (QED) is 0.205. The number of hydrogen-bond donors (Lipinski definition) is 0. The fourth-order valence-electron chi connectivity index (χ4n) is 5.41. The van der Waals surface area contributed by atoms with Crippen LogP contribution in [0.1, 0.15) is 40.2 Å². The number of hydrogen-bond acceptors (Lipinski definition) is 10. The van der Waals surface area contributed by atoms with Crippen molar-refractivity contribution in [1.29, 1.82) is 0 Å². The molecule has 11 heteroatoms. The number of fused-ring (bicyclic) bond motifs is 1. The van der Waals surface area contributed by atoms with E-state index >= 15 is 0 Å². The predicted octanol–water partition coefficient (Wildman–Crippen LogP) is 5.00. The van der Waals surface area contributed by atoms with Gasteiger partial charge in [0, 0.05) is 17.2 Å². The highest BCUT2D eigenvalue weighted by molar-refractivity contribution is 7.07. The molecular formula is C36H30N2O8S. The maximum absolute atomic E-state index is 14.2. The fourth-order valence-corrected chi connectivity index (χ4v) is 6.39. The van der Waals surface area contributed by atoms with Crippen molar-refractivity contribution in [3.8, 4) is 22.8 Å². The third-order valence-corrected chi connectivity index (χ3v) is 8.55. The van der Waals surface area contributed by atoms with E-state index in [1.54, 1.807) is 61.5 Å². The van der Waals surface area contributed by atoms with Crippen LogP contribution in [0, 0.1) is 0 Å². The normalized spacial score (nSPS) is 14.3. The average molecular weight is 651 g/mol. The van der Waals surface area contributed by atoms with Crippen LogP contribution in [0.15, 0.2) is 105 Å². The highest BCUT2D eigenvalue weighted by atomic mass is 32.1. The van der Waals surface area contributed by atoms with Crippen LogP contribution in [-0.4, -0.2) is 44.4 Å². The minimum Gasteiger partial charge on any atom is -0.493 e. The Hall–Kier alpha value is -5.68. The predicted molar refractivity (Wildman–Crippen MR) is 176 cm³/mol. The summed E-state index contributed by atoms with van der Waals surface area (Å²) >= 11 is 1.18.